The summed E-state index contributed by atoms with van der Waals surface area (Å²) < 4.78 is 19.6. The molecule has 1 aromatic heterocycles. The fourth-order valence-electron chi connectivity index (χ4n) is 3.78. The van der Waals surface area contributed by atoms with Gasteiger partial charge < -0.3 is 9.72 Å². The second kappa shape index (κ2) is 8.80. The second-order valence-electron chi connectivity index (χ2n) is 7.81. The van der Waals surface area contributed by atoms with Crippen LogP contribution in [-0.2, 0) is 17.8 Å². The molecule has 1 aliphatic heterocycles. The molecule has 0 aliphatic carbocycles. The van der Waals surface area contributed by atoms with Crippen LogP contribution in [0.2, 0.25) is 0 Å². The maximum atomic E-state index is 14.7. The van der Waals surface area contributed by atoms with Crippen molar-refractivity contribution < 1.29 is 13.9 Å². The van der Waals surface area contributed by atoms with Crippen molar-refractivity contribution in [1.82, 2.24) is 14.9 Å². The number of cyclic esters (lactones) is 1. The van der Waals surface area contributed by atoms with Crippen molar-refractivity contribution in [2.24, 2.45) is 0 Å². The number of aryl methyl sites for hydroxylation is 1. The molecule has 9 heteroatoms. The summed E-state index contributed by atoms with van der Waals surface area (Å²) in [4.78, 5) is 43.3. The zero-order valence-electron chi connectivity index (χ0n) is 17.8. The molecule has 0 saturated carbocycles. The average Bonchev–Trinajstić information content (AvgIpc) is 3.17. The van der Waals surface area contributed by atoms with Gasteiger partial charge in [0.15, 0.2) is 0 Å². The van der Waals surface area contributed by atoms with Crippen LogP contribution in [0.5, 0.6) is 0 Å². The van der Waals surface area contributed by atoms with Crippen molar-refractivity contribution in [3.63, 3.8) is 0 Å². The number of rotatable bonds is 6. The number of anilines is 1. The van der Waals surface area contributed by atoms with Gasteiger partial charge in [-0.3, -0.25) is 19.6 Å². The van der Waals surface area contributed by atoms with E-state index in [1.165, 1.54) is 11.0 Å². The first-order valence-corrected chi connectivity index (χ1v) is 10.2. The first-order chi connectivity index (χ1) is 15.3. The van der Waals surface area contributed by atoms with Crippen LogP contribution in [0, 0.1) is 12.7 Å². The zero-order chi connectivity index (χ0) is 22.8. The number of nitrogens with zero attached hydrogens (tertiary/aromatic N) is 2. The third kappa shape index (κ3) is 4.47. The average molecular weight is 438 g/mol. The van der Waals surface area contributed by atoms with Crippen molar-refractivity contribution in [3.05, 3.63) is 85.9 Å². The summed E-state index contributed by atoms with van der Waals surface area (Å²) in [5.41, 5.74) is 2.76. The van der Waals surface area contributed by atoms with Gasteiger partial charge in [0.05, 0.1) is 17.8 Å². The van der Waals surface area contributed by atoms with Crippen LogP contribution < -0.4 is 16.1 Å². The summed E-state index contributed by atoms with van der Waals surface area (Å²) in [5.74, 6) is -0.417. The molecule has 0 bridgehead atoms. The van der Waals surface area contributed by atoms with Crippen LogP contribution in [0.15, 0.2) is 52.1 Å². The van der Waals surface area contributed by atoms with Gasteiger partial charge in [0.1, 0.15) is 12.4 Å². The molecule has 0 unspecified atom stereocenters. The molecule has 166 valence electrons. The minimum atomic E-state index is -0.518. The summed E-state index contributed by atoms with van der Waals surface area (Å²) in [7, 11) is 1.87. The molecule has 3 aromatic rings. The Morgan fingerprint density at radius 3 is 2.44 bits per heavy atom. The van der Waals surface area contributed by atoms with Crippen molar-refractivity contribution in [2.45, 2.75) is 20.0 Å². The summed E-state index contributed by atoms with van der Waals surface area (Å²) in [6.07, 6.45) is -0.468. The monoisotopic (exact) mass is 438 g/mol. The number of nitrogens with one attached hydrogen (secondary N) is 2. The fraction of sp³-hybridized carbons (Fsp3) is 0.261. The molecule has 2 N–H and O–H groups in total. The molecule has 1 fully saturated rings. The SMILES string of the molecule is Cc1[nH]c(=O)[nH]c(=O)c1CN(C)Cc1ccc(-c2ccc(N3CCOC3=O)cc2F)cc1. The highest BCUT2D eigenvalue weighted by Gasteiger charge is 2.24. The molecule has 0 spiro atoms. The quantitative estimate of drug-likeness (QED) is 0.617. The van der Waals surface area contributed by atoms with Gasteiger partial charge in [-0.15, -0.1) is 0 Å². The van der Waals surface area contributed by atoms with Gasteiger partial charge in [0.25, 0.3) is 5.56 Å². The first-order valence-electron chi connectivity index (χ1n) is 10.2. The van der Waals surface area contributed by atoms with Crippen LogP contribution in [0.1, 0.15) is 16.8 Å². The van der Waals surface area contributed by atoms with Gasteiger partial charge in [-0.25, -0.2) is 14.0 Å². The number of benzene rings is 2. The number of H-pyrrole nitrogens is 2. The predicted molar refractivity (Wildman–Crippen MR) is 118 cm³/mol. The number of hydrogen-bond acceptors (Lipinski definition) is 5. The Morgan fingerprint density at radius 1 is 1.06 bits per heavy atom. The number of aromatic amines is 2. The van der Waals surface area contributed by atoms with Crippen LogP contribution in [-0.4, -0.2) is 41.2 Å². The maximum Gasteiger partial charge on any atom is 0.414 e. The number of amides is 1. The van der Waals surface area contributed by atoms with Crippen molar-refractivity contribution in [1.29, 1.82) is 0 Å². The highest BCUT2D eigenvalue weighted by atomic mass is 19.1. The second-order valence-corrected chi connectivity index (χ2v) is 7.81. The molecule has 8 nitrogen and oxygen atoms in total. The van der Waals surface area contributed by atoms with E-state index < -0.39 is 23.2 Å². The standard InChI is InChI=1S/C23H23FN4O4/c1-14-19(21(29)26-22(30)25-14)13-27(2)12-15-3-5-16(6-4-15)18-8-7-17(11-20(18)24)28-9-10-32-23(28)31/h3-8,11H,9-10,12-13H2,1-2H3,(H2,25,26,29,30). The lowest BCUT2D eigenvalue weighted by atomic mass is 10.0. The largest absolute Gasteiger partial charge is 0.447 e. The van der Waals surface area contributed by atoms with E-state index in [9.17, 15) is 18.8 Å². The molecule has 4 rings (SSSR count). The van der Waals surface area contributed by atoms with E-state index in [4.69, 9.17) is 4.74 Å². The lowest BCUT2D eigenvalue weighted by Gasteiger charge is -2.18. The Morgan fingerprint density at radius 2 is 1.81 bits per heavy atom. The van der Waals surface area contributed by atoms with E-state index in [1.54, 1.807) is 19.1 Å². The number of hydrogen-bond donors (Lipinski definition) is 2. The predicted octanol–water partition coefficient (Wildman–Crippen LogP) is 2.77. The van der Waals surface area contributed by atoms with E-state index in [-0.39, 0.29) is 0 Å². The molecular weight excluding hydrogens is 415 g/mol. The minimum Gasteiger partial charge on any atom is -0.447 e. The van der Waals surface area contributed by atoms with Crippen molar-refractivity contribution >= 4 is 11.8 Å². The van der Waals surface area contributed by atoms with Crippen LogP contribution >= 0.6 is 0 Å². The van der Waals surface area contributed by atoms with E-state index >= 15 is 0 Å². The molecule has 1 amide bonds. The Hall–Kier alpha value is -3.72. The highest BCUT2D eigenvalue weighted by molar-refractivity contribution is 5.89. The number of ether oxygens (including phenoxy) is 1. The van der Waals surface area contributed by atoms with Crippen molar-refractivity contribution in [2.75, 3.05) is 25.1 Å². The van der Waals surface area contributed by atoms with Crippen LogP contribution in [0.4, 0.5) is 14.9 Å². The zero-order valence-corrected chi connectivity index (χ0v) is 17.8. The lowest BCUT2D eigenvalue weighted by Crippen LogP contribution is -2.30. The van der Waals surface area contributed by atoms with Crippen LogP contribution in [0.3, 0.4) is 0 Å². The first kappa shape index (κ1) is 21.5. The molecule has 2 aromatic carbocycles. The molecular formula is C23H23FN4O4. The third-order valence-electron chi connectivity index (χ3n) is 5.43. The van der Waals surface area contributed by atoms with E-state index in [0.717, 1.165) is 11.1 Å². The lowest BCUT2D eigenvalue weighted by molar-refractivity contribution is 0.181. The van der Waals surface area contributed by atoms with Gasteiger partial charge in [0, 0.05) is 24.3 Å². The summed E-state index contributed by atoms with van der Waals surface area (Å²) in [5, 5.41) is 0. The van der Waals surface area contributed by atoms with Gasteiger partial charge in [-0.05, 0) is 43.3 Å². The topological polar surface area (TPSA) is 98.5 Å². The minimum absolute atomic E-state index is 0.300. The van der Waals surface area contributed by atoms with Crippen LogP contribution in [0.25, 0.3) is 11.1 Å². The third-order valence-corrected chi connectivity index (χ3v) is 5.43. The molecule has 0 radical (unpaired) electrons. The maximum absolute atomic E-state index is 14.7. The summed E-state index contributed by atoms with van der Waals surface area (Å²) in [6, 6.07) is 12.2. The summed E-state index contributed by atoms with van der Waals surface area (Å²) in [6.45, 7) is 3.34. The Labute approximate surface area is 183 Å². The van der Waals surface area contributed by atoms with Gasteiger partial charge in [-0.1, -0.05) is 24.3 Å². The fourth-order valence-corrected chi connectivity index (χ4v) is 3.78. The molecule has 1 aliphatic rings. The molecule has 0 atom stereocenters. The van der Waals surface area contributed by atoms with E-state index in [1.807, 2.05) is 36.2 Å². The highest BCUT2D eigenvalue weighted by Crippen LogP contribution is 2.28. The molecule has 1 saturated heterocycles. The molecule has 2 heterocycles. The Bertz CT molecular complexity index is 1270. The Kier molecular flexibility index (Phi) is 5.91. The van der Waals surface area contributed by atoms with Gasteiger partial charge in [-0.2, -0.15) is 0 Å². The van der Waals surface area contributed by atoms with Gasteiger partial charge in [0.2, 0.25) is 0 Å². The van der Waals surface area contributed by atoms with Gasteiger partial charge >= 0.3 is 11.8 Å². The van der Waals surface area contributed by atoms with E-state index in [2.05, 4.69) is 9.97 Å². The number of aromatic nitrogens is 2. The smallest absolute Gasteiger partial charge is 0.414 e. The molecule has 32 heavy (non-hydrogen) atoms. The Balaban J connectivity index is 1.46. The van der Waals surface area contributed by atoms with E-state index in [0.29, 0.717) is 48.7 Å². The number of halogens is 1. The van der Waals surface area contributed by atoms with Crippen molar-refractivity contribution in [3.8, 4) is 11.1 Å². The summed E-state index contributed by atoms with van der Waals surface area (Å²) >= 11 is 0. The number of carbonyl (C=O) groups is 1. The normalized spacial score (nSPS) is 13.6. The number of carbonyl (C=O) groups excluding carboxylic acids is 1.